The molecule has 0 bridgehead atoms. The maximum atomic E-state index is 12.3. The zero-order valence-electron chi connectivity index (χ0n) is 12.8. The van der Waals surface area contributed by atoms with Gasteiger partial charge in [0.05, 0.1) is 6.61 Å². The van der Waals surface area contributed by atoms with Gasteiger partial charge in [0.15, 0.2) is 0 Å². The van der Waals surface area contributed by atoms with Gasteiger partial charge in [0.25, 0.3) is 0 Å². The predicted octanol–water partition coefficient (Wildman–Crippen LogP) is 3.18. The molecule has 0 aromatic rings. The van der Waals surface area contributed by atoms with Crippen molar-refractivity contribution in [2.75, 3.05) is 19.7 Å². The summed E-state index contributed by atoms with van der Waals surface area (Å²) in [6.07, 6.45) is 4.36. The molecule has 20 heavy (non-hydrogen) atoms. The fourth-order valence-corrected chi connectivity index (χ4v) is 2.60. The molecule has 0 amide bonds. The Bertz CT molecular complexity index is 365. The molecule has 0 aliphatic heterocycles. The highest BCUT2D eigenvalue weighted by molar-refractivity contribution is 5.81. The van der Waals surface area contributed by atoms with Crippen molar-refractivity contribution < 1.29 is 9.53 Å². The van der Waals surface area contributed by atoms with Crippen molar-refractivity contribution in [1.82, 2.24) is 5.32 Å². The first-order chi connectivity index (χ1) is 9.46. The summed E-state index contributed by atoms with van der Waals surface area (Å²) in [5.74, 6) is -0.140. The summed E-state index contributed by atoms with van der Waals surface area (Å²) < 4.78 is 5.25. The van der Waals surface area contributed by atoms with Crippen molar-refractivity contribution in [3.05, 3.63) is 10.4 Å². The molecule has 0 saturated heterocycles. The van der Waals surface area contributed by atoms with E-state index in [1.54, 1.807) is 0 Å². The third-order valence-corrected chi connectivity index (χ3v) is 4.08. The van der Waals surface area contributed by atoms with Gasteiger partial charge in [-0.1, -0.05) is 19.0 Å². The van der Waals surface area contributed by atoms with Crippen LogP contribution < -0.4 is 5.32 Å². The summed E-state index contributed by atoms with van der Waals surface area (Å²) in [6.45, 7) is 7.84. The Labute approximate surface area is 120 Å². The largest absolute Gasteiger partial charge is 0.465 e. The Balaban J connectivity index is 2.61. The molecule has 6 heteroatoms. The number of ether oxygens (including phenoxy) is 1. The molecule has 114 valence electrons. The van der Waals surface area contributed by atoms with Gasteiger partial charge in [0, 0.05) is 11.5 Å². The summed E-state index contributed by atoms with van der Waals surface area (Å²) in [5.41, 5.74) is 7.99. The Hall–Kier alpha value is -1.26. The van der Waals surface area contributed by atoms with Gasteiger partial charge >= 0.3 is 5.97 Å². The second kappa shape index (κ2) is 7.50. The molecule has 0 radical (unpaired) electrons. The van der Waals surface area contributed by atoms with Crippen LogP contribution in [-0.2, 0) is 9.53 Å². The van der Waals surface area contributed by atoms with Gasteiger partial charge in [-0.15, -0.1) is 0 Å². The van der Waals surface area contributed by atoms with E-state index in [4.69, 9.17) is 10.3 Å². The molecule has 1 fully saturated rings. The maximum absolute atomic E-state index is 12.3. The topological polar surface area (TPSA) is 87.1 Å². The van der Waals surface area contributed by atoms with E-state index >= 15 is 0 Å². The lowest BCUT2D eigenvalue weighted by molar-refractivity contribution is -0.153. The van der Waals surface area contributed by atoms with Gasteiger partial charge < -0.3 is 10.1 Å². The number of esters is 1. The number of azide groups is 1. The van der Waals surface area contributed by atoms with Crippen molar-refractivity contribution in [3.63, 3.8) is 0 Å². The van der Waals surface area contributed by atoms with E-state index in [0.29, 0.717) is 25.1 Å². The van der Waals surface area contributed by atoms with E-state index in [9.17, 15) is 4.79 Å². The van der Waals surface area contributed by atoms with Crippen LogP contribution in [0.5, 0.6) is 0 Å². The van der Waals surface area contributed by atoms with Crippen molar-refractivity contribution in [1.29, 1.82) is 0 Å². The van der Waals surface area contributed by atoms with Gasteiger partial charge in [-0.25, -0.2) is 0 Å². The quantitative estimate of drug-likeness (QED) is 0.256. The second-order valence-electron chi connectivity index (χ2n) is 6.20. The minimum atomic E-state index is -0.554. The first-order valence-corrected chi connectivity index (χ1v) is 7.39. The van der Waals surface area contributed by atoms with E-state index in [0.717, 1.165) is 32.1 Å². The van der Waals surface area contributed by atoms with E-state index in [2.05, 4.69) is 29.2 Å². The van der Waals surface area contributed by atoms with Crippen molar-refractivity contribution >= 4 is 5.97 Å². The number of rotatable bonds is 7. The van der Waals surface area contributed by atoms with Gasteiger partial charge in [0.1, 0.15) is 5.54 Å². The van der Waals surface area contributed by atoms with Crippen LogP contribution in [0.2, 0.25) is 0 Å². The lowest BCUT2D eigenvalue weighted by atomic mass is 9.69. The number of carbonyl (C=O) groups excluding carboxylic acids is 1. The van der Waals surface area contributed by atoms with E-state index in [1.807, 2.05) is 6.92 Å². The number of nitrogens with one attached hydrogen (secondary N) is 1. The highest BCUT2D eigenvalue weighted by Gasteiger charge is 2.44. The van der Waals surface area contributed by atoms with Crippen LogP contribution in [0.4, 0.5) is 0 Å². The summed E-state index contributed by atoms with van der Waals surface area (Å²) in [6, 6.07) is 0. The van der Waals surface area contributed by atoms with Crippen LogP contribution in [0, 0.1) is 5.41 Å². The fraction of sp³-hybridized carbons (Fsp3) is 0.929. The fourth-order valence-electron chi connectivity index (χ4n) is 2.60. The molecule has 0 unspecified atom stereocenters. The lowest BCUT2D eigenvalue weighted by Gasteiger charge is -2.42. The van der Waals surface area contributed by atoms with Gasteiger partial charge in [0.2, 0.25) is 0 Å². The van der Waals surface area contributed by atoms with Crippen LogP contribution >= 0.6 is 0 Å². The Morgan fingerprint density at radius 3 is 2.55 bits per heavy atom. The highest BCUT2D eigenvalue weighted by Crippen LogP contribution is 2.40. The molecule has 1 N–H and O–H groups in total. The molecule has 0 aromatic carbocycles. The molecule has 0 spiro atoms. The number of hydrogen-bond acceptors (Lipinski definition) is 4. The summed E-state index contributed by atoms with van der Waals surface area (Å²) in [4.78, 5) is 15.0. The van der Waals surface area contributed by atoms with Gasteiger partial charge in [-0.3, -0.25) is 4.79 Å². The standard InChI is InChI=1S/C14H26N4O2/c1-4-20-12(19)14(16-10-5-11-17-18-15)8-6-13(2,3)7-9-14/h16H,4-11H2,1-3H3. The smallest absolute Gasteiger partial charge is 0.326 e. The van der Waals surface area contributed by atoms with Crippen LogP contribution in [0.3, 0.4) is 0 Å². The van der Waals surface area contributed by atoms with Gasteiger partial charge in [-0.2, -0.15) is 0 Å². The predicted molar refractivity (Wildman–Crippen MR) is 78.2 cm³/mol. The summed E-state index contributed by atoms with van der Waals surface area (Å²) >= 11 is 0. The van der Waals surface area contributed by atoms with Crippen LogP contribution in [0.15, 0.2) is 5.11 Å². The van der Waals surface area contributed by atoms with Crippen molar-refractivity contribution in [2.45, 2.75) is 58.4 Å². The minimum Gasteiger partial charge on any atom is -0.465 e. The summed E-state index contributed by atoms with van der Waals surface area (Å²) in [5, 5.41) is 6.86. The Morgan fingerprint density at radius 2 is 2.00 bits per heavy atom. The monoisotopic (exact) mass is 282 g/mol. The molecule has 0 aromatic heterocycles. The zero-order chi connectivity index (χ0) is 15.1. The molecule has 0 atom stereocenters. The van der Waals surface area contributed by atoms with E-state index in [-0.39, 0.29) is 5.97 Å². The second-order valence-corrected chi connectivity index (χ2v) is 6.20. The molecule has 1 aliphatic rings. The molecular weight excluding hydrogens is 256 g/mol. The zero-order valence-corrected chi connectivity index (χ0v) is 12.8. The van der Waals surface area contributed by atoms with Crippen LogP contribution in [0.1, 0.15) is 52.9 Å². The highest BCUT2D eigenvalue weighted by atomic mass is 16.5. The molecular formula is C14H26N4O2. The van der Waals surface area contributed by atoms with Crippen LogP contribution in [-0.4, -0.2) is 31.2 Å². The number of hydrogen-bond donors (Lipinski definition) is 1. The van der Waals surface area contributed by atoms with E-state index in [1.165, 1.54) is 0 Å². The van der Waals surface area contributed by atoms with Crippen molar-refractivity contribution in [3.8, 4) is 0 Å². The summed E-state index contributed by atoms with van der Waals surface area (Å²) in [7, 11) is 0. The minimum absolute atomic E-state index is 0.140. The lowest BCUT2D eigenvalue weighted by Crippen LogP contribution is -2.56. The van der Waals surface area contributed by atoms with E-state index < -0.39 is 5.54 Å². The third kappa shape index (κ3) is 4.69. The molecule has 1 saturated carbocycles. The SMILES string of the molecule is CCOC(=O)C1(NCCCN=[N+]=[N-])CCC(C)(C)CC1. The first kappa shape index (κ1) is 16.8. The number of carbonyl (C=O) groups is 1. The average Bonchev–Trinajstić information content (AvgIpc) is 2.41. The normalized spacial score (nSPS) is 19.9. The van der Waals surface area contributed by atoms with Crippen LogP contribution in [0.25, 0.3) is 10.4 Å². The Morgan fingerprint density at radius 1 is 1.35 bits per heavy atom. The maximum Gasteiger partial charge on any atom is 0.326 e. The first-order valence-electron chi connectivity index (χ1n) is 7.39. The average molecular weight is 282 g/mol. The Kier molecular flexibility index (Phi) is 6.30. The number of nitrogens with zero attached hydrogens (tertiary/aromatic N) is 3. The molecule has 6 nitrogen and oxygen atoms in total. The van der Waals surface area contributed by atoms with Crippen molar-refractivity contribution in [2.24, 2.45) is 10.5 Å². The third-order valence-electron chi connectivity index (χ3n) is 4.08. The molecule has 1 rings (SSSR count). The molecule has 0 heterocycles. The van der Waals surface area contributed by atoms with Gasteiger partial charge in [-0.05, 0) is 56.5 Å². The molecule has 1 aliphatic carbocycles.